The van der Waals surface area contributed by atoms with Crippen LogP contribution in [0.2, 0.25) is 0 Å². The molecule has 0 aromatic carbocycles. The summed E-state index contributed by atoms with van der Waals surface area (Å²) in [5.41, 5.74) is 0. The normalized spacial score (nSPS) is 7.09. The predicted molar refractivity (Wildman–Crippen MR) is 64.7 cm³/mol. The molecule has 0 heterocycles. The Balaban J connectivity index is -0.0000000817. The highest BCUT2D eigenvalue weighted by atomic mass is 35.5. The van der Waals surface area contributed by atoms with Crippen molar-refractivity contribution in [1.82, 2.24) is 0 Å². The highest BCUT2D eigenvalue weighted by molar-refractivity contribution is 6.92. The molecule has 0 aliphatic heterocycles. The molecule has 11 heavy (non-hydrogen) atoms. The van der Waals surface area contributed by atoms with E-state index in [1.807, 2.05) is 0 Å². The summed E-state index contributed by atoms with van der Waals surface area (Å²) in [7, 11) is 0. The van der Waals surface area contributed by atoms with Crippen molar-refractivity contribution in [3.63, 3.8) is 0 Å². The Kier molecular flexibility index (Phi) is 46.3. The van der Waals surface area contributed by atoms with Crippen LogP contribution in [0.15, 0.2) is 0 Å². The fraction of sp³-hybridized carbons (Fsp3) is 1.00. The molecule has 0 aromatic heterocycles. The van der Waals surface area contributed by atoms with Crippen LogP contribution < -0.4 is 0 Å². The molecule has 1 atom stereocenters. The number of halogens is 2. The summed E-state index contributed by atoms with van der Waals surface area (Å²) < 4.78 is 0. The van der Waals surface area contributed by atoms with Gasteiger partial charge in [0.15, 0.2) is 0 Å². The van der Waals surface area contributed by atoms with Gasteiger partial charge in [0, 0.05) is 0 Å². The average Bonchev–Trinajstić information content (AvgIpc) is 1.81. The number of hydrogen-bond acceptors (Lipinski definition) is 0. The highest BCUT2D eigenvalue weighted by Gasteiger charge is 1.83. The maximum Gasteiger partial charge on any atom is -0.0533 e. The van der Waals surface area contributed by atoms with E-state index < -0.39 is 0 Å². The van der Waals surface area contributed by atoms with Crippen LogP contribution >= 0.6 is 34.7 Å². The molecule has 0 saturated carbocycles. The monoisotopic (exact) mass is 220 g/mol. The molecule has 0 spiro atoms. The standard InChI is InChI=1S/C8H18.2ClH.H3P/c1-3-5-7-8-6-4-2;;;/h3-8H2,1-2H3;2*1H;1H3. The van der Waals surface area contributed by atoms with E-state index in [0.29, 0.717) is 0 Å². The van der Waals surface area contributed by atoms with E-state index in [1.165, 1.54) is 38.5 Å². The van der Waals surface area contributed by atoms with Gasteiger partial charge in [0.25, 0.3) is 0 Å². The SMILES string of the molecule is CCCCCCCC.Cl.Cl.P. The molecule has 0 aliphatic carbocycles. The number of unbranched alkanes of at least 4 members (excludes halogenated alkanes) is 5. The van der Waals surface area contributed by atoms with Crippen molar-refractivity contribution in [3.05, 3.63) is 0 Å². The summed E-state index contributed by atoms with van der Waals surface area (Å²) in [4.78, 5) is 0. The smallest absolute Gasteiger partial charge is 0.0533 e. The second kappa shape index (κ2) is 22.5. The molecule has 0 nitrogen and oxygen atoms in total. The number of rotatable bonds is 5. The first-order valence-electron chi connectivity index (χ1n) is 3.91. The van der Waals surface area contributed by atoms with Crippen LogP contribution in [-0.4, -0.2) is 0 Å². The lowest BCUT2D eigenvalue weighted by Gasteiger charge is -1.93. The average molecular weight is 221 g/mol. The van der Waals surface area contributed by atoms with Gasteiger partial charge in [0.1, 0.15) is 0 Å². The molecule has 0 saturated heterocycles. The molecule has 0 N–H and O–H groups in total. The van der Waals surface area contributed by atoms with E-state index in [9.17, 15) is 0 Å². The topological polar surface area (TPSA) is 0 Å². The zero-order valence-corrected chi connectivity index (χ0v) is 10.8. The third-order valence-electron chi connectivity index (χ3n) is 1.46. The van der Waals surface area contributed by atoms with Gasteiger partial charge in [-0.25, -0.2) is 0 Å². The predicted octanol–water partition coefficient (Wildman–Crippen LogP) is 4.27. The summed E-state index contributed by atoms with van der Waals surface area (Å²) in [5, 5.41) is 0. The van der Waals surface area contributed by atoms with Gasteiger partial charge in [-0.15, -0.1) is 24.8 Å². The second-order valence-corrected chi connectivity index (χ2v) is 2.41. The van der Waals surface area contributed by atoms with E-state index >= 15 is 0 Å². The van der Waals surface area contributed by atoms with E-state index in [1.54, 1.807) is 0 Å². The minimum atomic E-state index is 0. The fourth-order valence-electron chi connectivity index (χ4n) is 0.854. The Morgan fingerprint density at radius 3 is 1.09 bits per heavy atom. The molecule has 0 amide bonds. The van der Waals surface area contributed by atoms with Gasteiger partial charge in [-0.3, -0.25) is 0 Å². The molecule has 3 heteroatoms. The van der Waals surface area contributed by atoms with Gasteiger partial charge >= 0.3 is 0 Å². The molecule has 0 aliphatic rings. The van der Waals surface area contributed by atoms with Crippen LogP contribution in [-0.2, 0) is 0 Å². The Hall–Kier alpha value is 1.01. The van der Waals surface area contributed by atoms with E-state index in [2.05, 4.69) is 13.8 Å². The maximum absolute atomic E-state index is 2.26. The zero-order valence-electron chi connectivity index (χ0n) is 7.77. The van der Waals surface area contributed by atoms with Gasteiger partial charge < -0.3 is 0 Å². The van der Waals surface area contributed by atoms with Crippen LogP contribution in [0.4, 0.5) is 0 Å². The van der Waals surface area contributed by atoms with Crippen molar-refractivity contribution in [2.24, 2.45) is 0 Å². The summed E-state index contributed by atoms with van der Waals surface area (Å²) in [6.45, 7) is 4.51. The van der Waals surface area contributed by atoms with E-state index in [-0.39, 0.29) is 34.7 Å². The quantitative estimate of drug-likeness (QED) is 0.480. The molecule has 0 rings (SSSR count). The summed E-state index contributed by atoms with van der Waals surface area (Å²) in [6.07, 6.45) is 8.49. The van der Waals surface area contributed by atoms with Crippen molar-refractivity contribution in [1.29, 1.82) is 0 Å². The summed E-state index contributed by atoms with van der Waals surface area (Å²) in [5.74, 6) is 0. The third kappa shape index (κ3) is 24.7. The molecule has 1 unspecified atom stereocenters. The maximum atomic E-state index is 2.26. The Labute approximate surface area is 87.4 Å². The lowest BCUT2D eigenvalue weighted by Crippen LogP contribution is -1.73. The van der Waals surface area contributed by atoms with Crippen molar-refractivity contribution < 1.29 is 0 Å². The largest absolute Gasteiger partial charge is 0.153 e. The van der Waals surface area contributed by atoms with Crippen molar-refractivity contribution in [2.75, 3.05) is 0 Å². The van der Waals surface area contributed by atoms with Crippen LogP contribution in [0.25, 0.3) is 0 Å². The first-order valence-corrected chi connectivity index (χ1v) is 3.91. The van der Waals surface area contributed by atoms with Crippen LogP contribution in [0.3, 0.4) is 0 Å². The van der Waals surface area contributed by atoms with Gasteiger partial charge in [-0.1, -0.05) is 52.4 Å². The lowest BCUT2D eigenvalue weighted by atomic mass is 10.1. The Bertz CT molecular complexity index is 37.1. The summed E-state index contributed by atoms with van der Waals surface area (Å²) in [6, 6.07) is 0. The molecule has 0 fully saturated rings. The summed E-state index contributed by atoms with van der Waals surface area (Å²) >= 11 is 0. The molecule has 0 bridgehead atoms. The van der Waals surface area contributed by atoms with Crippen molar-refractivity contribution >= 4 is 34.7 Å². The van der Waals surface area contributed by atoms with Gasteiger partial charge in [-0.05, 0) is 0 Å². The Morgan fingerprint density at radius 2 is 0.909 bits per heavy atom. The highest BCUT2D eigenvalue weighted by Crippen LogP contribution is 2.03. The first-order chi connectivity index (χ1) is 3.91. The fourth-order valence-corrected chi connectivity index (χ4v) is 0.854. The third-order valence-corrected chi connectivity index (χ3v) is 1.46. The van der Waals surface area contributed by atoms with Crippen LogP contribution in [0, 0.1) is 0 Å². The van der Waals surface area contributed by atoms with Gasteiger partial charge in [-0.2, -0.15) is 9.90 Å². The van der Waals surface area contributed by atoms with E-state index in [4.69, 9.17) is 0 Å². The first kappa shape index (κ1) is 22.7. The van der Waals surface area contributed by atoms with Crippen molar-refractivity contribution in [3.8, 4) is 0 Å². The van der Waals surface area contributed by atoms with E-state index in [0.717, 1.165) is 0 Å². The number of hydrogen-bond donors (Lipinski definition) is 0. The molecular weight excluding hydrogens is 198 g/mol. The van der Waals surface area contributed by atoms with Crippen LogP contribution in [0.5, 0.6) is 0 Å². The molecule has 74 valence electrons. The minimum absolute atomic E-state index is 0. The molecular formula is C8H23Cl2P. The van der Waals surface area contributed by atoms with Crippen LogP contribution in [0.1, 0.15) is 52.4 Å². The van der Waals surface area contributed by atoms with Gasteiger partial charge in [0.05, 0.1) is 0 Å². The molecule has 0 radical (unpaired) electrons. The second-order valence-electron chi connectivity index (χ2n) is 2.41. The zero-order chi connectivity index (χ0) is 6.24. The van der Waals surface area contributed by atoms with Crippen molar-refractivity contribution in [2.45, 2.75) is 52.4 Å². The molecule has 0 aromatic rings. The van der Waals surface area contributed by atoms with Gasteiger partial charge in [0.2, 0.25) is 0 Å². The lowest BCUT2D eigenvalue weighted by molar-refractivity contribution is 0.624. The Morgan fingerprint density at radius 1 is 0.636 bits per heavy atom. The minimum Gasteiger partial charge on any atom is -0.153 e.